The van der Waals surface area contributed by atoms with E-state index in [9.17, 15) is 53.3 Å². The van der Waals surface area contributed by atoms with Gasteiger partial charge in [0.25, 0.3) is 17.5 Å². The number of hydrogen-bond donors (Lipinski definition) is 2. The van der Waals surface area contributed by atoms with Crippen molar-refractivity contribution in [3.05, 3.63) is 222 Å². The SMILES string of the molecule is C=CC(=O)OC(C)CCCOc1ccc(C(=O)Nc2ccc(OC(=O)c3ccc(OCCCC(C)OC(=O)C=C)cc3)cc2[N+](=O)[O-])cc1.C=CC(=O)OCCCCCCOc1ccc(C(=O)Nc2ccc(OC(=O)c3ccc(OCCCCCCOC(=O)C=C)cc3)cc2C(=O)OC)cc1. The van der Waals surface area contributed by atoms with Crippen LogP contribution < -0.4 is 39.1 Å². The van der Waals surface area contributed by atoms with Crippen LogP contribution in [-0.4, -0.2) is 117 Å². The summed E-state index contributed by atoms with van der Waals surface area (Å²) in [5.74, 6) is -2.76. The molecular weight excluding hydrogens is 1310 g/mol. The number of rotatable bonds is 42. The molecule has 534 valence electrons. The number of benzene rings is 6. The van der Waals surface area contributed by atoms with Gasteiger partial charge in [-0.1, -0.05) is 26.3 Å². The van der Waals surface area contributed by atoms with Gasteiger partial charge in [-0.3, -0.25) is 19.7 Å². The van der Waals surface area contributed by atoms with Crippen LogP contribution in [-0.2, 0) is 42.9 Å². The average molecular weight is 1390 g/mol. The Balaban J connectivity index is 0.000000364. The number of nitrogens with zero attached hydrogens (tertiary/aromatic N) is 1. The fraction of sp³-hybridized carbons (Fsp3) is 0.303. The normalized spacial score (nSPS) is 11.0. The summed E-state index contributed by atoms with van der Waals surface area (Å²) in [6.07, 6.45) is 13.2. The van der Waals surface area contributed by atoms with Gasteiger partial charge in [0.05, 0.1) is 92.3 Å². The molecule has 101 heavy (non-hydrogen) atoms. The molecule has 0 aliphatic carbocycles. The third kappa shape index (κ3) is 29.8. The van der Waals surface area contributed by atoms with Gasteiger partial charge in [-0.2, -0.15) is 0 Å². The van der Waals surface area contributed by atoms with Crippen LogP contribution >= 0.6 is 0 Å². The highest BCUT2D eigenvalue weighted by Crippen LogP contribution is 2.31. The molecule has 0 radical (unpaired) electrons. The first-order chi connectivity index (χ1) is 48.7. The molecule has 6 rings (SSSR count). The number of carbonyl (C=O) groups excluding carboxylic acids is 9. The lowest BCUT2D eigenvalue weighted by atomic mass is 10.1. The van der Waals surface area contributed by atoms with E-state index in [4.69, 9.17) is 52.1 Å². The number of unbranched alkanes of at least 4 members (excludes halogenated alkanes) is 6. The van der Waals surface area contributed by atoms with E-state index in [1.165, 1.54) is 61.7 Å². The largest absolute Gasteiger partial charge is 0.494 e. The molecule has 0 spiro atoms. The van der Waals surface area contributed by atoms with Crippen LogP contribution in [0.4, 0.5) is 17.1 Å². The van der Waals surface area contributed by atoms with Crippen molar-refractivity contribution >= 4 is 70.7 Å². The van der Waals surface area contributed by atoms with Crippen molar-refractivity contribution in [1.82, 2.24) is 0 Å². The first-order valence-electron chi connectivity index (χ1n) is 32.5. The van der Waals surface area contributed by atoms with Gasteiger partial charge in [0.1, 0.15) is 40.2 Å². The molecule has 25 nitrogen and oxygen atoms in total. The van der Waals surface area contributed by atoms with Crippen LogP contribution in [0.15, 0.2) is 184 Å². The molecule has 25 heteroatoms. The van der Waals surface area contributed by atoms with Gasteiger partial charge in [0, 0.05) is 35.4 Å². The number of ether oxygens (including phenoxy) is 11. The van der Waals surface area contributed by atoms with Crippen molar-refractivity contribution in [2.45, 2.75) is 103 Å². The number of carbonyl (C=O) groups is 9. The molecule has 0 saturated heterocycles. The summed E-state index contributed by atoms with van der Waals surface area (Å²) in [6.45, 7) is 19.4. The minimum absolute atomic E-state index is 0.00139. The zero-order chi connectivity index (χ0) is 73.3. The van der Waals surface area contributed by atoms with Gasteiger partial charge in [-0.25, -0.2) is 33.6 Å². The third-order valence-electron chi connectivity index (χ3n) is 14.3. The van der Waals surface area contributed by atoms with Crippen molar-refractivity contribution in [3.8, 4) is 34.5 Å². The molecule has 6 aromatic carbocycles. The number of esters is 7. The van der Waals surface area contributed by atoms with Crippen molar-refractivity contribution in [2.75, 3.05) is 57.4 Å². The maximum Gasteiger partial charge on any atom is 0.343 e. The van der Waals surface area contributed by atoms with Crippen molar-refractivity contribution in [3.63, 3.8) is 0 Å². The number of nitro benzene ring substituents is 1. The van der Waals surface area contributed by atoms with Crippen LogP contribution in [0.5, 0.6) is 34.5 Å². The Bertz CT molecular complexity index is 3780. The fourth-order valence-electron chi connectivity index (χ4n) is 9.00. The van der Waals surface area contributed by atoms with E-state index in [-0.39, 0.29) is 57.3 Å². The number of nitro groups is 1. The number of nitrogens with one attached hydrogen (secondary N) is 2. The van der Waals surface area contributed by atoms with Gasteiger partial charge in [0.2, 0.25) is 0 Å². The molecule has 0 aromatic heterocycles. The highest BCUT2D eigenvalue weighted by atomic mass is 16.6. The summed E-state index contributed by atoms with van der Waals surface area (Å²) >= 11 is 0. The van der Waals surface area contributed by atoms with Crippen LogP contribution in [0.3, 0.4) is 0 Å². The van der Waals surface area contributed by atoms with E-state index in [1.807, 2.05) is 0 Å². The quantitative estimate of drug-likeness (QED) is 0.00684. The van der Waals surface area contributed by atoms with Crippen molar-refractivity contribution in [2.24, 2.45) is 0 Å². The third-order valence-corrected chi connectivity index (χ3v) is 14.3. The van der Waals surface area contributed by atoms with E-state index in [2.05, 4.69) is 36.9 Å². The lowest BCUT2D eigenvalue weighted by Gasteiger charge is -2.13. The van der Waals surface area contributed by atoms with Gasteiger partial charge in [0.15, 0.2) is 0 Å². The van der Waals surface area contributed by atoms with Crippen LogP contribution in [0, 0.1) is 10.1 Å². The van der Waals surface area contributed by atoms with E-state index in [0.29, 0.717) is 93.9 Å². The first kappa shape index (κ1) is 79.8. The summed E-state index contributed by atoms with van der Waals surface area (Å²) < 4.78 is 58.7. The minimum Gasteiger partial charge on any atom is -0.494 e. The topological polar surface area (TPSA) is 322 Å². The molecule has 0 bridgehead atoms. The van der Waals surface area contributed by atoms with Crippen LogP contribution in [0.1, 0.15) is 143 Å². The van der Waals surface area contributed by atoms with Gasteiger partial charge >= 0.3 is 41.8 Å². The van der Waals surface area contributed by atoms with Crippen molar-refractivity contribution in [1.29, 1.82) is 0 Å². The molecule has 2 atom stereocenters. The first-order valence-corrected chi connectivity index (χ1v) is 32.5. The van der Waals surface area contributed by atoms with E-state index in [0.717, 1.165) is 81.7 Å². The summed E-state index contributed by atoms with van der Waals surface area (Å²) in [5, 5.41) is 17.0. The number of anilines is 2. The second-order valence-corrected chi connectivity index (χ2v) is 22.1. The molecule has 2 amide bonds. The Morgan fingerprint density at radius 1 is 0.406 bits per heavy atom. The lowest BCUT2D eigenvalue weighted by molar-refractivity contribution is -0.384. The highest BCUT2D eigenvalue weighted by molar-refractivity contribution is 6.08. The Morgan fingerprint density at radius 2 is 0.733 bits per heavy atom. The van der Waals surface area contributed by atoms with Gasteiger partial charge < -0.3 is 62.7 Å². The van der Waals surface area contributed by atoms with Gasteiger partial charge in [-0.15, -0.1) is 0 Å². The number of methoxy groups -OCH3 is 1. The van der Waals surface area contributed by atoms with E-state index < -0.39 is 64.2 Å². The number of amides is 2. The molecule has 2 N–H and O–H groups in total. The molecule has 2 unspecified atom stereocenters. The number of hydrogen-bond acceptors (Lipinski definition) is 22. The zero-order valence-electron chi connectivity index (χ0n) is 56.7. The monoisotopic (exact) mass is 1390 g/mol. The fourth-order valence-corrected chi connectivity index (χ4v) is 9.00. The van der Waals surface area contributed by atoms with Gasteiger partial charge in [-0.05, 0) is 218 Å². The predicted octanol–water partition coefficient (Wildman–Crippen LogP) is 13.9. The maximum absolute atomic E-state index is 13.0. The standard InChI is InChI=1S/C40H45NO11.C36H38N2O11/c1-4-36(42)50-26-12-8-6-10-24-48-31-18-14-29(15-19-31)38(44)41-35-23-22-33(28-34(35)40(46)47-3)52-39(45)30-16-20-32(21-17-30)49-25-11-7-9-13-27-51-37(43)5-2;1-5-33(39)47-24(3)9-7-21-45-28-15-11-26(12-16-28)35(41)37-31-20-19-30(23-32(31)38(43)44)49-36(42)27-13-17-29(18-14-27)46-22-8-10-25(4)48-34(40)6-2/h4-5,14-23,28H,1-2,6-13,24-27H2,3H3,(H,41,44);5-6,11-20,23-25H,1-2,7-10,21-22H2,3-4H3,(H,37,41). The summed E-state index contributed by atoms with van der Waals surface area (Å²) in [6, 6.07) is 33.4. The van der Waals surface area contributed by atoms with Crippen molar-refractivity contribution < 1.29 is 100 Å². The zero-order valence-corrected chi connectivity index (χ0v) is 56.7. The Labute approximate surface area is 585 Å². The van der Waals surface area contributed by atoms with E-state index in [1.54, 1.807) is 86.6 Å². The maximum atomic E-state index is 13.0. The molecule has 0 saturated carbocycles. The Morgan fingerprint density at radius 3 is 1.10 bits per heavy atom. The summed E-state index contributed by atoms with van der Waals surface area (Å²) in [7, 11) is 1.21. The summed E-state index contributed by atoms with van der Waals surface area (Å²) in [5.41, 5.74) is 0.653. The molecule has 6 aromatic rings. The smallest absolute Gasteiger partial charge is 0.343 e. The van der Waals surface area contributed by atoms with Crippen LogP contribution in [0.2, 0.25) is 0 Å². The summed E-state index contributed by atoms with van der Waals surface area (Å²) in [4.78, 5) is 120. The Hall–Kier alpha value is -11.9. The van der Waals surface area contributed by atoms with Crippen LogP contribution in [0.25, 0.3) is 0 Å². The molecule has 0 aliphatic rings. The molecule has 0 heterocycles. The Kier molecular flexibility index (Phi) is 34.9. The second kappa shape index (κ2) is 44.1. The average Bonchev–Trinajstić information content (AvgIpc) is 0.833. The predicted molar refractivity (Wildman–Crippen MR) is 374 cm³/mol. The highest BCUT2D eigenvalue weighted by Gasteiger charge is 2.22. The molecule has 0 fully saturated rings. The second-order valence-electron chi connectivity index (χ2n) is 22.1. The molecular formula is C76H83N3O22. The minimum atomic E-state index is -0.747. The lowest BCUT2D eigenvalue weighted by Crippen LogP contribution is -2.16. The molecule has 0 aliphatic heterocycles. The van der Waals surface area contributed by atoms with E-state index >= 15 is 0 Å².